The average molecular weight is 277 g/mol. The first-order valence-corrected chi connectivity index (χ1v) is 6.46. The predicted molar refractivity (Wildman–Crippen MR) is 71.7 cm³/mol. The van der Waals surface area contributed by atoms with E-state index in [-0.39, 0.29) is 5.91 Å². The summed E-state index contributed by atoms with van der Waals surface area (Å²) in [6.07, 6.45) is 0. The highest BCUT2D eigenvalue weighted by Gasteiger charge is 2.10. The van der Waals surface area contributed by atoms with E-state index in [0.29, 0.717) is 22.0 Å². The molecule has 1 amide bonds. The van der Waals surface area contributed by atoms with E-state index in [1.54, 1.807) is 23.6 Å². The summed E-state index contributed by atoms with van der Waals surface area (Å²) in [7, 11) is 0. The van der Waals surface area contributed by atoms with Crippen LogP contribution in [0.4, 0.5) is 0 Å². The van der Waals surface area contributed by atoms with Crippen molar-refractivity contribution in [3.05, 3.63) is 56.7 Å². The molecule has 2 aromatic rings. The van der Waals surface area contributed by atoms with Gasteiger partial charge in [-0.2, -0.15) is 5.26 Å². The number of rotatable bonds is 3. The van der Waals surface area contributed by atoms with Crippen molar-refractivity contribution in [3.8, 4) is 6.07 Å². The first-order valence-electron chi connectivity index (χ1n) is 5.21. The van der Waals surface area contributed by atoms with Crippen LogP contribution >= 0.6 is 22.9 Å². The minimum atomic E-state index is -0.181. The lowest BCUT2D eigenvalue weighted by Crippen LogP contribution is -2.22. The number of hydrogen-bond donors (Lipinski definition) is 1. The molecule has 5 heteroatoms. The number of carbonyl (C=O) groups is 1. The molecule has 1 heterocycles. The second-order valence-corrected chi connectivity index (χ2v) is 4.91. The molecule has 18 heavy (non-hydrogen) atoms. The van der Waals surface area contributed by atoms with Crippen molar-refractivity contribution in [2.45, 2.75) is 6.54 Å². The highest BCUT2D eigenvalue weighted by molar-refractivity contribution is 7.12. The molecule has 0 radical (unpaired) electrons. The lowest BCUT2D eigenvalue weighted by atomic mass is 10.1. The van der Waals surface area contributed by atoms with Crippen LogP contribution in [0, 0.1) is 11.3 Å². The van der Waals surface area contributed by atoms with Gasteiger partial charge in [0, 0.05) is 6.54 Å². The molecule has 0 bridgehead atoms. The molecular weight excluding hydrogens is 268 g/mol. The lowest BCUT2D eigenvalue weighted by Gasteiger charge is -2.04. The van der Waals surface area contributed by atoms with Gasteiger partial charge in [0.15, 0.2) is 0 Å². The molecule has 0 saturated carbocycles. The van der Waals surface area contributed by atoms with Gasteiger partial charge in [-0.3, -0.25) is 4.79 Å². The third-order valence-corrected chi connectivity index (χ3v) is 3.70. The quantitative estimate of drug-likeness (QED) is 0.936. The molecule has 0 aliphatic rings. The van der Waals surface area contributed by atoms with Crippen molar-refractivity contribution in [2.24, 2.45) is 0 Å². The summed E-state index contributed by atoms with van der Waals surface area (Å²) in [4.78, 5) is 12.3. The smallest absolute Gasteiger partial charge is 0.263 e. The van der Waals surface area contributed by atoms with Crippen LogP contribution < -0.4 is 5.32 Å². The summed E-state index contributed by atoms with van der Waals surface area (Å²) in [5.74, 6) is -0.181. The van der Waals surface area contributed by atoms with Gasteiger partial charge >= 0.3 is 0 Å². The molecule has 0 atom stereocenters. The Labute approximate surface area is 114 Å². The van der Waals surface area contributed by atoms with Crippen LogP contribution in [0.2, 0.25) is 5.02 Å². The zero-order valence-electron chi connectivity index (χ0n) is 9.31. The van der Waals surface area contributed by atoms with E-state index in [4.69, 9.17) is 16.9 Å². The van der Waals surface area contributed by atoms with Crippen molar-refractivity contribution >= 4 is 28.8 Å². The first kappa shape index (κ1) is 12.6. The van der Waals surface area contributed by atoms with Crippen LogP contribution in [-0.4, -0.2) is 5.91 Å². The Morgan fingerprint density at radius 2 is 2.06 bits per heavy atom. The van der Waals surface area contributed by atoms with E-state index in [0.717, 1.165) is 5.56 Å². The zero-order valence-corrected chi connectivity index (χ0v) is 10.9. The minimum absolute atomic E-state index is 0.181. The molecule has 0 unspecified atom stereocenters. The van der Waals surface area contributed by atoms with Gasteiger partial charge in [-0.15, -0.1) is 11.3 Å². The van der Waals surface area contributed by atoms with Gasteiger partial charge in [-0.05, 0) is 29.1 Å². The summed E-state index contributed by atoms with van der Waals surface area (Å²) in [5.41, 5.74) is 1.54. The fourth-order valence-corrected chi connectivity index (χ4v) is 2.47. The van der Waals surface area contributed by atoms with Gasteiger partial charge in [-0.1, -0.05) is 23.7 Å². The minimum Gasteiger partial charge on any atom is -0.347 e. The van der Waals surface area contributed by atoms with Gasteiger partial charge in [-0.25, -0.2) is 0 Å². The molecule has 0 saturated heterocycles. The van der Waals surface area contributed by atoms with E-state index in [1.165, 1.54) is 11.3 Å². The molecule has 0 aliphatic heterocycles. The van der Waals surface area contributed by atoms with Crippen molar-refractivity contribution in [1.82, 2.24) is 5.32 Å². The molecule has 1 aromatic heterocycles. The van der Waals surface area contributed by atoms with E-state index >= 15 is 0 Å². The molecule has 90 valence electrons. The normalized spacial score (nSPS) is 9.78. The second kappa shape index (κ2) is 5.67. The predicted octanol–water partition coefficient (Wildman–Crippen LogP) is 3.20. The van der Waals surface area contributed by atoms with Crippen molar-refractivity contribution in [3.63, 3.8) is 0 Å². The third kappa shape index (κ3) is 2.89. The fourth-order valence-electron chi connectivity index (χ4n) is 1.42. The number of carbonyl (C=O) groups excluding carboxylic acids is 1. The van der Waals surface area contributed by atoms with Gasteiger partial charge in [0.1, 0.15) is 4.88 Å². The number of nitriles is 1. The van der Waals surface area contributed by atoms with Gasteiger partial charge in [0.05, 0.1) is 16.7 Å². The standard InChI is InChI=1S/C13H9ClN2OS/c14-11-5-6-18-12(11)13(17)16-8-10-3-1-9(7-15)2-4-10/h1-6H,8H2,(H,16,17). The van der Waals surface area contributed by atoms with Gasteiger partial charge in [0.25, 0.3) is 5.91 Å². The van der Waals surface area contributed by atoms with E-state index in [1.807, 2.05) is 18.2 Å². The Hall–Kier alpha value is -1.83. The van der Waals surface area contributed by atoms with Crippen LogP contribution in [0.15, 0.2) is 35.7 Å². The largest absolute Gasteiger partial charge is 0.347 e. The van der Waals surface area contributed by atoms with Crippen molar-refractivity contribution in [2.75, 3.05) is 0 Å². The lowest BCUT2D eigenvalue weighted by molar-refractivity contribution is 0.0955. The van der Waals surface area contributed by atoms with Crippen LogP contribution in [0.1, 0.15) is 20.8 Å². The summed E-state index contributed by atoms with van der Waals surface area (Å²) in [5, 5.41) is 13.7. The maximum Gasteiger partial charge on any atom is 0.263 e. The summed E-state index contributed by atoms with van der Waals surface area (Å²) >= 11 is 7.18. The second-order valence-electron chi connectivity index (χ2n) is 3.59. The number of nitrogens with zero attached hydrogens (tertiary/aromatic N) is 1. The van der Waals surface area contributed by atoms with Gasteiger partial charge in [0.2, 0.25) is 0 Å². The molecule has 1 N–H and O–H groups in total. The highest BCUT2D eigenvalue weighted by Crippen LogP contribution is 2.21. The number of nitrogens with one attached hydrogen (secondary N) is 1. The summed E-state index contributed by atoms with van der Waals surface area (Å²) in [6, 6.07) is 10.8. The highest BCUT2D eigenvalue weighted by atomic mass is 35.5. The number of halogens is 1. The molecule has 3 nitrogen and oxygen atoms in total. The maximum atomic E-state index is 11.8. The monoisotopic (exact) mass is 276 g/mol. The third-order valence-electron chi connectivity index (χ3n) is 2.36. The van der Waals surface area contributed by atoms with E-state index < -0.39 is 0 Å². The number of hydrogen-bond acceptors (Lipinski definition) is 3. The fraction of sp³-hybridized carbons (Fsp3) is 0.0769. The summed E-state index contributed by atoms with van der Waals surface area (Å²) < 4.78 is 0. The molecule has 1 aromatic carbocycles. The van der Waals surface area contributed by atoms with Crippen LogP contribution in [0.3, 0.4) is 0 Å². The molecule has 0 fully saturated rings. The van der Waals surface area contributed by atoms with Crippen molar-refractivity contribution in [1.29, 1.82) is 5.26 Å². The van der Waals surface area contributed by atoms with Gasteiger partial charge < -0.3 is 5.32 Å². The molecule has 0 spiro atoms. The van der Waals surface area contributed by atoms with Crippen LogP contribution in [0.25, 0.3) is 0 Å². The van der Waals surface area contributed by atoms with Crippen molar-refractivity contribution < 1.29 is 4.79 Å². The number of benzene rings is 1. The number of thiophene rings is 1. The first-order chi connectivity index (χ1) is 8.70. The number of amides is 1. The van der Waals surface area contributed by atoms with Crippen LogP contribution in [-0.2, 0) is 6.54 Å². The Morgan fingerprint density at radius 3 is 2.61 bits per heavy atom. The SMILES string of the molecule is N#Cc1ccc(CNC(=O)c2sccc2Cl)cc1. The zero-order chi connectivity index (χ0) is 13.0. The Balaban J connectivity index is 1.97. The van der Waals surface area contributed by atoms with E-state index in [9.17, 15) is 4.79 Å². The Morgan fingerprint density at radius 1 is 1.33 bits per heavy atom. The molecular formula is C13H9ClN2OS. The summed E-state index contributed by atoms with van der Waals surface area (Å²) in [6.45, 7) is 0.415. The maximum absolute atomic E-state index is 11.8. The topological polar surface area (TPSA) is 52.9 Å². The molecule has 2 rings (SSSR count). The average Bonchev–Trinajstić information content (AvgIpc) is 2.83. The Bertz CT molecular complexity index is 598. The molecule has 0 aliphatic carbocycles. The van der Waals surface area contributed by atoms with Crippen LogP contribution in [0.5, 0.6) is 0 Å². The Kier molecular flexibility index (Phi) is 3.98. The van der Waals surface area contributed by atoms with E-state index in [2.05, 4.69) is 5.32 Å².